The van der Waals surface area contributed by atoms with Crippen LogP contribution in [0.2, 0.25) is 10.0 Å². The van der Waals surface area contributed by atoms with Crippen LogP contribution in [0.25, 0.3) is 0 Å². The number of nitrogens with zero attached hydrogens (tertiary/aromatic N) is 2. The molecular weight excluding hydrogens is 431 g/mol. The zero-order chi connectivity index (χ0) is 22.6. The van der Waals surface area contributed by atoms with Gasteiger partial charge in [-0.2, -0.15) is 5.26 Å². The SMILES string of the molecule is CC(C)C[C@@H]1N2[C@@H](C(=O)OC2(C)C)[C@H](c2cccc(Cl)c2)[C@@]1(C#N)c1ccc(Cl)cc1. The Kier molecular flexibility index (Phi) is 5.58. The van der Waals surface area contributed by atoms with Crippen LogP contribution in [0.3, 0.4) is 0 Å². The first-order valence-electron chi connectivity index (χ1n) is 10.6. The molecule has 4 atom stereocenters. The van der Waals surface area contributed by atoms with Gasteiger partial charge in [-0.3, -0.25) is 4.79 Å². The molecule has 2 heterocycles. The average Bonchev–Trinajstić information content (AvgIpc) is 3.12. The number of ether oxygens (including phenoxy) is 1. The molecule has 31 heavy (non-hydrogen) atoms. The quantitative estimate of drug-likeness (QED) is 0.534. The van der Waals surface area contributed by atoms with E-state index in [0.29, 0.717) is 16.0 Å². The molecule has 2 aliphatic heterocycles. The van der Waals surface area contributed by atoms with E-state index in [2.05, 4.69) is 24.8 Å². The molecular formula is C25H26Cl2N2O2. The van der Waals surface area contributed by atoms with Crippen molar-refractivity contribution in [2.45, 2.75) is 63.3 Å². The fourth-order valence-corrected chi connectivity index (χ4v) is 5.87. The van der Waals surface area contributed by atoms with Gasteiger partial charge in [-0.15, -0.1) is 0 Å². The van der Waals surface area contributed by atoms with Gasteiger partial charge in [-0.25, -0.2) is 4.90 Å². The molecule has 2 aliphatic rings. The maximum absolute atomic E-state index is 13.2. The summed E-state index contributed by atoms with van der Waals surface area (Å²) in [6.07, 6.45) is 0.740. The molecule has 2 aromatic carbocycles. The second kappa shape index (κ2) is 7.81. The van der Waals surface area contributed by atoms with Gasteiger partial charge in [-0.05, 0) is 61.6 Å². The van der Waals surface area contributed by atoms with Crippen molar-refractivity contribution >= 4 is 29.2 Å². The van der Waals surface area contributed by atoms with Crippen LogP contribution in [0.15, 0.2) is 48.5 Å². The molecule has 4 rings (SSSR count). The first-order valence-corrected chi connectivity index (χ1v) is 11.3. The molecule has 2 fully saturated rings. The smallest absolute Gasteiger partial charge is 0.325 e. The molecule has 0 bridgehead atoms. The Morgan fingerprint density at radius 1 is 1.13 bits per heavy atom. The van der Waals surface area contributed by atoms with Gasteiger partial charge in [0.1, 0.15) is 11.5 Å². The van der Waals surface area contributed by atoms with Gasteiger partial charge in [0, 0.05) is 22.0 Å². The Morgan fingerprint density at radius 3 is 2.39 bits per heavy atom. The van der Waals surface area contributed by atoms with Crippen molar-refractivity contribution in [1.29, 1.82) is 5.26 Å². The Hall–Kier alpha value is -2.06. The van der Waals surface area contributed by atoms with Gasteiger partial charge in [-0.1, -0.05) is 61.3 Å². The van der Waals surface area contributed by atoms with Gasteiger partial charge in [0.25, 0.3) is 0 Å². The minimum atomic E-state index is -0.971. The minimum Gasteiger partial charge on any atom is -0.443 e. The first-order chi connectivity index (χ1) is 14.6. The van der Waals surface area contributed by atoms with Crippen LogP contribution in [0, 0.1) is 17.2 Å². The van der Waals surface area contributed by atoms with Crippen LogP contribution < -0.4 is 0 Å². The third kappa shape index (κ3) is 3.44. The number of carbonyl (C=O) groups is 1. The van der Waals surface area contributed by atoms with Crippen LogP contribution in [0.5, 0.6) is 0 Å². The molecule has 4 nitrogen and oxygen atoms in total. The summed E-state index contributed by atoms with van der Waals surface area (Å²) in [4.78, 5) is 15.4. The van der Waals surface area contributed by atoms with Crippen molar-refractivity contribution in [3.8, 4) is 6.07 Å². The number of esters is 1. The summed E-state index contributed by atoms with van der Waals surface area (Å²) in [6.45, 7) is 8.08. The average molecular weight is 457 g/mol. The van der Waals surface area contributed by atoms with E-state index in [1.165, 1.54) is 0 Å². The van der Waals surface area contributed by atoms with Crippen LogP contribution in [0.1, 0.15) is 51.2 Å². The number of rotatable bonds is 4. The highest BCUT2D eigenvalue weighted by molar-refractivity contribution is 6.30. The summed E-state index contributed by atoms with van der Waals surface area (Å²) in [5.74, 6) is -0.416. The Labute approximate surface area is 193 Å². The highest BCUT2D eigenvalue weighted by Crippen LogP contribution is 2.59. The molecule has 162 valence electrons. The lowest BCUT2D eigenvalue weighted by Crippen LogP contribution is -2.51. The number of hydrogen-bond donors (Lipinski definition) is 0. The molecule has 0 aromatic heterocycles. The monoisotopic (exact) mass is 456 g/mol. The van der Waals surface area contributed by atoms with E-state index in [-0.39, 0.29) is 12.0 Å². The summed E-state index contributed by atoms with van der Waals surface area (Å²) in [6, 6.07) is 16.8. The minimum absolute atomic E-state index is 0.228. The van der Waals surface area contributed by atoms with Crippen LogP contribution in [-0.4, -0.2) is 28.7 Å². The van der Waals surface area contributed by atoms with Crippen molar-refractivity contribution in [3.63, 3.8) is 0 Å². The molecule has 0 aliphatic carbocycles. The lowest BCUT2D eigenvalue weighted by Gasteiger charge is -2.40. The number of hydrogen-bond acceptors (Lipinski definition) is 4. The Bertz CT molecular complexity index is 1040. The van der Waals surface area contributed by atoms with E-state index >= 15 is 0 Å². The molecule has 6 heteroatoms. The van der Waals surface area contributed by atoms with E-state index in [4.69, 9.17) is 27.9 Å². The van der Waals surface area contributed by atoms with Gasteiger partial charge in [0.2, 0.25) is 0 Å². The van der Waals surface area contributed by atoms with E-state index in [0.717, 1.165) is 17.5 Å². The maximum atomic E-state index is 13.2. The molecule has 0 radical (unpaired) electrons. The number of fused-ring (bicyclic) bond motifs is 1. The van der Waals surface area contributed by atoms with Gasteiger partial charge >= 0.3 is 5.97 Å². The first kappa shape index (κ1) is 22.1. The molecule has 2 aromatic rings. The number of cyclic esters (lactones) is 1. The molecule has 0 N–H and O–H groups in total. The largest absolute Gasteiger partial charge is 0.443 e. The van der Waals surface area contributed by atoms with Crippen LogP contribution in [0.4, 0.5) is 0 Å². The number of carbonyl (C=O) groups excluding carboxylic acids is 1. The van der Waals surface area contributed by atoms with Crippen molar-refractivity contribution in [2.75, 3.05) is 0 Å². The van der Waals surface area contributed by atoms with E-state index in [1.54, 1.807) is 6.07 Å². The molecule has 0 saturated carbocycles. The fourth-order valence-electron chi connectivity index (χ4n) is 5.55. The van der Waals surface area contributed by atoms with Gasteiger partial charge in [0.05, 0.1) is 6.07 Å². The van der Waals surface area contributed by atoms with Crippen molar-refractivity contribution in [1.82, 2.24) is 4.90 Å². The predicted octanol–water partition coefficient (Wildman–Crippen LogP) is 5.93. The number of benzene rings is 2. The van der Waals surface area contributed by atoms with E-state index < -0.39 is 23.1 Å². The normalized spacial score (nSPS) is 29.6. The molecule has 0 spiro atoms. The highest BCUT2D eigenvalue weighted by atomic mass is 35.5. The number of nitriles is 1. The summed E-state index contributed by atoms with van der Waals surface area (Å²) < 4.78 is 5.83. The predicted molar refractivity (Wildman–Crippen MR) is 122 cm³/mol. The summed E-state index contributed by atoms with van der Waals surface area (Å²) >= 11 is 12.5. The van der Waals surface area contributed by atoms with Crippen LogP contribution in [-0.2, 0) is 14.9 Å². The van der Waals surface area contributed by atoms with Crippen molar-refractivity contribution in [2.24, 2.45) is 5.92 Å². The Balaban J connectivity index is 2.04. The molecule has 2 saturated heterocycles. The van der Waals surface area contributed by atoms with Crippen molar-refractivity contribution in [3.05, 3.63) is 69.7 Å². The third-order valence-electron chi connectivity index (χ3n) is 6.59. The standard InChI is InChI=1S/C25H26Cl2N2O2/c1-15(2)12-20-25(14-28,17-8-10-18(26)11-9-17)21(16-6-5-7-19(27)13-16)22-23(30)31-24(3,4)29(20)22/h5-11,13,15,20-22H,12H2,1-4H3/t20-,21-,22+,25-/m0/s1. The second-order valence-corrected chi connectivity index (χ2v) is 10.3. The topological polar surface area (TPSA) is 53.3 Å². The third-order valence-corrected chi connectivity index (χ3v) is 7.08. The summed E-state index contributed by atoms with van der Waals surface area (Å²) in [7, 11) is 0. The Morgan fingerprint density at radius 2 is 1.81 bits per heavy atom. The second-order valence-electron chi connectivity index (χ2n) is 9.39. The zero-order valence-electron chi connectivity index (χ0n) is 18.1. The maximum Gasteiger partial charge on any atom is 0.325 e. The highest BCUT2D eigenvalue weighted by Gasteiger charge is 2.69. The fraction of sp³-hybridized carbons (Fsp3) is 0.440. The van der Waals surface area contributed by atoms with E-state index in [9.17, 15) is 10.1 Å². The summed E-state index contributed by atoms with van der Waals surface area (Å²) in [5, 5.41) is 12.0. The number of halogens is 2. The lowest BCUT2D eigenvalue weighted by atomic mass is 9.64. The molecule has 0 amide bonds. The van der Waals surface area contributed by atoms with Crippen LogP contribution >= 0.6 is 23.2 Å². The van der Waals surface area contributed by atoms with Crippen molar-refractivity contribution < 1.29 is 9.53 Å². The lowest BCUT2D eigenvalue weighted by molar-refractivity contribution is -0.152. The van der Waals surface area contributed by atoms with Gasteiger partial charge < -0.3 is 4.74 Å². The molecule has 0 unspecified atom stereocenters. The van der Waals surface area contributed by atoms with Gasteiger partial charge in [0.15, 0.2) is 5.72 Å². The van der Waals surface area contributed by atoms with E-state index in [1.807, 2.05) is 56.3 Å². The zero-order valence-corrected chi connectivity index (χ0v) is 19.6. The summed E-state index contributed by atoms with van der Waals surface area (Å²) in [5.41, 5.74) is -0.0719.